The number of imidazole rings is 1. The van der Waals surface area contributed by atoms with E-state index < -0.39 is 0 Å². The summed E-state index contributed by atoms with van der Waals surface area (Å²) in [6, 6.07) is 14.2. The zero-order chi connectivity index (χ0) is 13.9. The summed E-state index contributed by atoms with van der Waals surface area (Å²) in [5, 5.41) is 1.09. The molecule has 3 rings (SSSR count). The second-order valence-corrected chi connectivity index (χ2v) is 5.53. The highest BCUT2D eigenvalue weighted by atomic mass is 32.2. The molecule has 102 valence electrons. The van der Waals surface area contributed by atoms with Gasteiger partial charge in [-0.25, -0.2) is 4.98 Å². The van der Waals surface area contributed by atoms with Gasteiger partial charge in [0.05, 0.1) is 12.8 Å². The van der Waals surface area contributed by atoms with E-state index in [4.69, 9.17) is 4.74 Å². The number of rotatable bonds is 4. The fourth-order valence-corrected chi connectivity index (χ4v) is 3.07. The van der Waals surface area contributed by atoms with Gasteiger partial charge in [0.2, 0.25) is 0 Å². The number of ether oxygens (including phenoxy) is 1. The molecule has 20 heavy (non-hydrogen) atoms. The lowest BCUT2D eigenvalue weighted by Crippen LogP contribution is -1.86. The molecule has 0 bridgehead atoms. The van der Waals surface area contributed by atoms with Crippen molar-refractivity contribution in [3.8, 4) is 5.75 Å². The number of aryl methyl sites for hydroxylation is 1. The Bertz CT molecular complexity index is 719. The molecule has 0 aliphatic carbocycles. The van der Waals surface area contributed by atoms with Crippen molar-refractivity contribution in [1.82, 2.24) is 9.38 Å². The summed E-state index contributed by atoms with van der Waals surface area (Å²) in [6.45, 7) is 2.11. The summed E-state index contributed by atoms with van der Waals surface area (Å²) in [5.41, 5.74) is 3.47. The molecule has 2 heterocycles. The van der Waals surface area contributed by atoms with Gasteiger partial charge in [0.15, 0.2) is 0 Å². The van der Waals surface area contributed by atoms with Gasteiger partial charge in [-0.15, -0.1) is 0 Å². The molecule has 0 N–H and O–H groups in total. The van der Waals surface area contributed by atoms with Crippen LogP contribution in [-0.2, 0) is 5.75 Å². The first-order valence-electron chi connectivity index (χ1n) is 6.47. The average molecular weight is 284 g/mol. The standard InChI is InChI=1S/C16H16N2OS/c1-12-16(17-15-5-3-4-10-18(12)15)20-11-13-6-8-14(19-2)9-7-13/h3-10H,11H2,1-2H3. The van der Waals surface area contributed by atoms with Crippen molar-refractivity contribution in [2.24, 2.45) is 0 Å². The summed E-state index contributed by atoms with van der Waals surface area (Å²) < 4.78 is 7.29. The fraction of sp³-hybridized carbons (Fsp3) is 0.188. The molecule has 0 aliphatic heterocycles. The minimum Gasteiger partial charge on any atom is -0.497 e. The Labute approximate surface area is 122 Å². The summed E-state index contributed by atoms with van der Waals surface area (Å²) >= 11 is 1.77. The first-order valence-corrected chi connectivity index (χ1v) is 7.46. The third-order valence-corrected chi connectivity index (χ3v) is 4.40. The first kappa shape index (κ1) is 13.1. The molecule has 0 spiro atoms. The van der Waals surface area contributed by atoms with Crippen molar-refractivity contribution in [3.63, 3.8) is 0 Å². The maximum absolute atomic E-state index is 5.17. The van der Waals surface area contributed by atoms with E-state index >= 15 is 0 Å². The third kappa shape index (κ3) is 2.51. The highest BCUT2D eigenvalue weighted by Crippen LogP contribution is 2.26. The molecule has 1 aromatic carbocycles. The van der Waals surface area contributed by atoms with Gasteiger partial charge in [0.25, 0.3) is 0 Å². The van der Waals surface area contributed by atoms with Crippen molar-refractivity contribution in [2.75, 3.05) is 7.11 Å². The van der Waals surface area contributed by atoms with E-state index in [9.17, 15) is 0 Å². The lowest BCUT2D eigenvalue weighted by Gasteiger charge is -2.03. The van der Waals surface area contributed by atoms with Crippen LogP contribution >= 0.6 is 11.8 Å². The molecule has 0 amide bonds. The van der Waals surface area contributed by atoms with Crippen molar-refractivity contribution >= 4 is 17.4 Å². The number of fused-ring (bicyclic) bond motifs is 1. The zero-order valence-electron chi connectivity index (χ0n) is 11.5. The number of methoxy groups -OCH3 is 1. The molecule has 0 saturated heterocycles. The van der Waals surface area contributed by atoms with Crippen LogP contribution in [0.25, 0.3) is 5.65 Å². The molecular formula is C16H16N2OS. The topological polar surface area (TPSA) is 26.5 Å². The Morgan fingerprint density at radius 1 is 1.15 bits per heavy atom. The molecule has 3 nitrogen and oxygen atoms in total. The van der Waals surface area contributed by atoms with Gasteiger partial charge in [-0.3, -0.25) is 0 Å². The Morgan fingerprint density at radius 3 is 2.65 bits per heavy atom. The normalized spacial score (nSPS) is 10.9. The smallest absolute Gasteiger partial charge is 0.138 e. The quantitative estimate of drug-likeness (QED) is 0.679. The van der Waals surface area contributed by atoms with E-state index in [1.807, 2.05) is 30.3 Å². The van der Waals surface area contributed by atoms with E-state index in [-0.39, 0.29) is 0 Å². The maximum Gasteiger partial charge on any atom is 0.138 e. The van der Waals surface area contributed by atoms with Crippen LogP contribution in [0.2, 0.25) is 0 Å². The van der Waals surface area contributed by atoms with Crippen LogP contribution in [0.1, 0.15) is 11.3 Å². The van der Waals surface area contributed by atoms with E-state index in [0.717, 1.165) is 22.2 Å². The number of hydrogen-bond acceptors (Lipinski definition) is 3. The van der Waals surface area contributed by atoms with E-state index in [2.05, 4.69) is 34.6 Å². The molecule has 0 radical (unpaired) electrons. The first-order chi connectivity index (χ1) is 9.78. The van der Waals surface area contributed by atoms with E-state index in [1.165, 1.54) is 11.3 Å². The molecule has 2 aromatic heterocycles. The van der Waals surface area contributed by atoms with Crippen molar-refractivity contribution in [1.29, 1.82) is 0 Å². The molecular weight excluding hydrogens is 268 g/mol. The van der Waals surface area contributed by atoms with Gasteiger partial charge < -0.3 is 9.14 Å². The molecule has 4 heteroatoms. The number of thioether (sulfide) groups is 1. The van der Waals surface area contributed by atoms with Crippen LogP contribution in [0.5, 0.6) is 5.75 Å². The second-order valence-electron chi connectivity index (χ2n) is 4.57. The van der Waals surface area contributed by atoms with Crippen molar-refractivity contribution in [2.45, 2.75) is 17.7 Å². The molecule has 0 aliphatic rings. The number of pyridine rings is 1. The maximum atomic E-state index is 5.17. The number of benzene rings is 1. The lowest BCUT2D eigenvalue weighted by atomic mass is 10.2. The summed E-state index contributed by atoms with van der Waals surface area (Å²) in [5.74, 6) is 1.80. The second kappa shape index (κ2) is 5.59. The van der Waals surface area contributed by atoms with Crippen molar-refractivity contribution < 1.29 is 4.74 Å². The van der Waals surface area contributed by atoms with E-state index in [1.54, 1.807) is 18.9 Å². The highest BCUT2D eigenvalue weighted by Gasteiger charge is 2.08. The Kier molecular flexibility index (Phi) is 3.65. The van der Waals surface area contributed by atoms with Gasteiger partial charge in [-0.2, -0.15) is 0 Å². The average Bonchev–Trinajstić information content (AvgIpc) is 2.83. The largest absolute Gasteiger partial charge is 0.497 e. The van der Waals surface area contributed by atoms with Crippen LogP contribution in [0.15, 0.2) is 53.7 Å². The molecule has 3 aromatic rings. The van der Waals surface area contributed by atoms with Crippen LogP contribution in [-0.4, -0.2) is 16.5 Å². The fourth-order valence-electron chi connectivity index (χ4n) is 2.11. The minimum absolute atomic E-state index is 0.891. The Balaban J connectivity index is 1.77. The van der Waals surface area contributed by atoms with E-state index in [0.29, 0.717) is 0 Å². The molecule has 0 fully saturated rings. The monoisotopic (exact) mass is 284 g/mol. The van der Waals surface area contributed by atoms with Gasteiger partial charge in [-0.1, -0.05) is 30.0 Å². The predicted molar refractivity (Wildman–Crippen MR) is 82.5 cm³/mol. The van der Waals surface area contributed by atoms with Gasteiger partial charge >= 0.3 is 0 Å². The SMILES string of the molecule is COc1ccc(CSc2nc3ccccn3c2C)cc1. The third-order valence-electron chi connectivity index (χ3n) is 3.26. The van der Waals surface area contributed by atoms with Crippen LogP contribution in [0, 0.1) is 6.92 Å². The van der Waals surface area contributed by atoms with Crippen molar-refractivity contribution in [3.05, 3.63) is 59.9 Å². The summed E-state index contributed by atoms with van der Waals surface area (Å²) in [6.07, 6.45) is 2.05. The van der Waals surface area contributed by atoms with Crippen LogP contribution < -0.4 is 4.74 Å². The Morgan fingerprint density at radius 2 is 1.95 bits per heavy atom. The summed E-state index contributed by atoms with van der Waals surface area (Å²) in [7, 11) is 1.68. The minimum atomic E-state index is 0.891. The summed E-state index contributed by atoms with van der Waals surface area (Å²) in [4.78, 5) is 4.66. The molecule has 0 atom stereocenters. The zero-order valence-corrected chi connectivity index (χ0v) is 12.4. The lowest BCUT2D eigenvalue weighted by molar-refractivity contribution is 0.414. The van der Waals surface area contributed by atoms with Crippen LogP contribution in [0.3, 0.4) is 0 Å². The molecule has 0 saturated carbocycles. The highest BCUT2D eigenvalue weighted by molar-refractivity contribution is 7.98. The predicted octanol–water partition coefficient (Wildman–Crippen LogP) is 3.94. The van der Waals surface area contributed by atoms with Gasteiger partial charge in [-0.05, 0) is 36.8 Å². The molecule has 0 unspecified atom stereocenters. The Hall–Kier alpha value is -1.94. The number of nitrogens with zero attached hydrogens (tertiary/aromatic N) is 2. The van der Waals surface area contributed by atoms with Crippen LogP contribution in [0.4, 0.5) is 0 Å². The van der Waals surface area contributed by atoms with Gasteiger partial charge in [0.1, 0.15) is 16.4 Å². The number of aromatic nitrogens is 2. The number of hydrogen-bond donors (Lipinski definition) is 0. The van der Waals surface area contributed by atoms with Gasteiger partial charge in [0, 0.05) is 11.9 Å².